The lowest BCUT2D eigenvalue weighted by atomic mass is 10.0. The average molecular weight is 292 g/mol. The van der Waals surface area contributed by atoms with Crippen LogP contribution in [0, 0.1) is 6.92 Å². The number of rotatable bonds is 5. The number of halogens is 1. The molecule has 0 heterocycles. The molecule has 0 aromatic heterocycles. The smallest absolute Gasteiger partial charge is 0.241 e. The van der Waals surface area contributed by atoms with Crippen LogP contribution in [0.25, 0.3) is 0 Å². The van der Waals surface area contributed by atoms with Crippen molar-refractivity contribution in [2.24, 2.45) is 0 Å². The first kappa shape index (κ1) is 15.4. The van der Waals surface area contributed by atoms with Crippen LogP contribution in [0.1, 0.15) is 25.8 Å². The molecule has 0 saturated heterocycles. The van der Waals surface area contributed by atoms with Crippen LogP contribution in [-0.2, 0) is 10.0 Å². The molecule has 0 spiro atoms. The van der Waals surface area contributed by atoms with E-state index >= 15 is 0 Å². The third-order valence-corrected chi connectivity index (χ3v) is 4.91. The predicted octanol–water partition coefficient (Wildman–Crippen LogP) is 2.09. The van der Waals surface area contributed by atoms with E-state index in [1.165, 1.54) is 6.07 Å². The lowest BCUT2D eigenvalue weighted by Gasteiger charge is -2.25. The first-order valence-electron chi connectivity index (χ1n) is 5.59. The molecule has 18 heavy (non-hydrogen) atoms. The zero-order chi connectivity index (χ0) is 14.0. The van der Waals surface area contributed by atoms with Crippen LogP contribution in [0.3, 0.4) is 0 Å². The Morgan fingerprint density at radius 2 is 2.00 bits per heavy atom. The molecule has 1 aromatic rings. The summed E-state index contributed by atoms with van der Waals surface area (Å²) >= 11 is 5.92. The van der Waals surface area contributed by atoms with Gasteiger partial charge in [-0.2, -0.15) is 0 Å². The molecule has 0 bridgehead atoms. The van der Waals surface area contributed by atoms with Gasteiger partial charge in [-0.1, -0.05) is 17.7 Å². The molecule has 0 amide bonds. The molecule has 0 unspecified atom stereocenters. The number of benzene rings is 1. The quantitative estimate of drug-likeness (QED) is 0.873. The fraction of sp³-hybridized carbons (Fsp3) is 0.500. The molecule has 0 fully saturated rings. The normalized spacial score (nSPS) is 12.7. The van der Waals surface area contributed by atoms with Gasteiger partial charge in [-0.15, -0.1) is 0 Å². The summed E-state index contributed by atoms with van der Waals surface area (Å²) in [5, 5.41) is 9.33. The first-order chi connectivity index (χ1) is 8.19. The van der Waals surface area contributed by atoms with Crippen molar-refractivity contribution in [2.75, 3.05) is 6.61 Å². The second-order valence-corrected chi connectivity index (χ2v) is 6.88. The summed E-state index contributed by atoms with van der Waals surface area (Å²) in [6, 6.07) is 4.76. The highest BCUT2D eigenvalue weighted by Gasteiger charge is 2.27. The maximum Gasteiger partial charge on any atom is 0.241 e. The lowest BCUT2D eigenvalue weighted by Crippen LogP contribution is -2.44. The third-order valence-electron chi connectivity index (χ3n) is 2.65. The highest BCUT2D eigenvalue weighted by Crippen LogP contribution is 2.24. The van der Waals surface area contributed by atoms with E-state index in [9.17, 15) is 8.42 Å². The molecule has 0 atom stereocenters. The maximum atomic E-state index is 12.2. The summed E-state index contributed by atoms with van der Waals surface area (Å²) < 4.78 is 27.1. The van der Waals surface area contributed by atoms with Crippen molar-refractivity contribution in [1.82, 2.24) is 4.72 Å². The van der Waals surface area contributed by atoms with Crippen LogP contribution in [0.15, 0.2) is 23.1 Å². The van der Waals surface area contributed by atoms with Crippen molar-refractivity contribution in [3.63, 3.8) is 0 Å². The minimum atomic E-state index is -3.64. The van der Waals surface area contributed by atoms with Gasteiger partial charge < -0.3 is 5.11 Å². The zero-order valence-electron chi connectivity index (χ0n) is 10.7. The lowest BCUT2D eigenvalue weighted by molar-refractivity contribution is 0.245. The van der Waals surface area contributed by atoms with E-state index in [2.05, 4.69) is 4.72 Å². The Morgan fingerprint density at radius 3 is 2.56 bits per heavy atom. The predicted molar refractivity (Wildman–Crippen MR) is 72.3 cm³/mol. The van der Waals surface area contributed by atoms with Gasteiger partial charge in [0, 0.05) is 17.2 Å². The van der Waals surface area contributed by atoms with Crippen molar-refractivity contribution in [3.05, 3.63) is 28.8 Å². The molecule has 4 nitrogen and oxygen atoms in total. The number of sulfonamides is 1. The molecule has 0 aliphatic heterocycles. The minimum Gasteiger partial charge on any atom is -0.396 e. The maximum absolute atomic E-state index is 12.2. The number of hydrogen-bond acceptors (Lipinski definition) is 3. The Labute approximate surface area is 113 Å². The topological polar surface area (TPSA) is 66.4 Å². The fourth-order valence-corrected chi connectivity index (χ4v) is 3.57. The Hall–Kier alpha value is -0.620. The summed E-state index contributed by atoms with van der Waals surface area (Å²) in [5.41, 5.74) is -0.186. The molecule has 2 N–H and O–H groups in total. The third kappa shape index (κ3) is 3.68. The van der Waals surface area contributed by atoms with Gasteiger partial charge in [0.05, 0.1) is 4.90 Å². The molecule has 6 heteroatoms. The van der Waals surface area contributed by atoms with Crippen molar-refractivity contribution < 1.29 is 13.5 Å². The molecule has 0 saturated carbocycles. The standard InChI is InChI=1S/C12H18ClNO3S/c1-9-10(13)5-4-6-11(9)18(16,17)14-12(2,3)7-8-15/h4-6,14-15H,7-8H2,1-3H3. The van der Waals surface area contributed by atoms with Crippen LogP contribution in [0.2, 0.25) is 5.02 Å². The minimum absolute atomic E-state index is 0.0793. The van der Waals surface area contributed by atoms with Crippen molar-refractivity contribution in [1.29, 1.82) is 0 Å². The average Bonchev–Trinajstić information content (AvgIpc) is 2.19. The van der Waals surface area contributed by atoms with E-state index in [4.69, 9.17) is 16.7 Å². The van der Waals surface area contributed by atoms with Gasteiger partial charge in [0.25, 0.3) is 0 Å². The van der Waals surface area contributed by atoms with Gasteiger partial charge in [-0.25, -0.2) is 13.1 Å². The Kier molecular flexibility index (Phi) is 4.78. The summed E-state index contributed by atoms with van der Waals surface area (Å²) in [4.78, 5) is 0.168. The number of aliphatic hydroxyl groups excluding tert-OH is 1. The Balaban J connectivity index is 3.11. The summed E-state index contributed by atoms with van der Waals surface area (Å²) in [6.07, 6.45) is 0.339. The number of hydrogen-bond donors (Lipinski definition) is 2. The number of nitrogens with one attached hydrogen (secondary N) is 1. The van der Waals surface area contributed by atoms with Crippen LogP contribution in [0.4, 0.5) is 0 Å². The monoisotopic (exact) mass is 291 g/mol. The van der Waals surface area contributed by atoms with Gasteiger partial charge in [0.15, 0.2) is 0 Å². The highest BCUT2D eigenvalue weighted by molar-refractivity contribution is 7.89. The highest BCUT2D eigenvalue weighted by atomic mass is 35.5. The largest absolute Gasteiger partial charge is 0.396 e. The molecule has 1 aromatic carbocycles. The van der Waals surface area contributed by atoms with E-state index in [1.807, 2.05) is 0 Å². The van der Waals surface area contributed by atoms with Gasteiger partial charge in [-0.05, 0) is 44.9 Å². The molecule has 0 aliphatic rings. The SMILES string of the molecule is Cc1c(Cl)cccc1S(=O)(=O)NC(C)(C)CCO. The second kappa shape index (κ2) is 5.57. The van der Waals surface area contributed by atoms with E-state index < -0.39 is 15.6 Å². The van der Waals surface area contributed by atoms with Gasteiger partial charge >= 0.3 is 0 Å². The zero-order valence-corrected chi connectivity index (χ0v) is 12.3. The molecule has 1 rings (SSSR count). The van der Waals surface area contributed by atoms with Crippen LogP contribution < -0.4 is 4.72 Å². The Bertz CT molecular complexity index is 526. The fourth-order valence-electron chi connectivity index (χ4n) is 1.63. The van der Waals surface area contributed by atoms with Crippen LogP contribution in [0.5, 0.6) is 0 Å². The number of aliphatic hydroxyl groups is 1. The molecular weight excluding hydrogens is 274 g/mol. The van der Waals surface area contributed by atoms with Crippen molar-refractivity contribution >= 4 is 21.6 Å². The van der Waals surface area contributed by atoms with E-state index in [0.717, 1.165) is 0 Å². The molecule has 0 aliphatic carbocycles. The van der Waals surface area contributed by atoms with Crippen LogP contribution in [-0.4, -0.2) is 25.7 Å². The van der Waals surface area contributed by atoms with Gasteiger partial charge in [0.1, 0.15) is 0 Å². The van der Waals surface area contributed by atoms with E-state index in [-0.39, 0.29) is 11.5 Å². The Morgan fingerprint density at radius 1 is 1.39 bits per heavy atom. The van der Waals surface area contributed by atoms with Gasteiger partial charge in [0.2, 0.25) is 10.0 Å². The van der Waals surface area contributed by atoms with E-state index in [1.54, 1.807) is 32.9 Å². The van der Waals surface area contributed by atoms with Gasteiger partial charge in [-0.3, -0.25) is 0 Å². The van der Waals surface area contributed by atoms with Crippen molar-refractivity contribution in [3.8, 4) is 0 Å². The summed E-state index contributed by atoms with van der Waals surface area (Å²) in [5.74, 6) is 0. The van der Waals surface area contributed by atoms with Crippen LogP contribution >= 0.6 is 11.6 Å². The molecule has 102 valence electrons. The first-order valence-corrected chi connectivity index (χ1v) is 7.46. The summed E-state index contributed by atoms with van der Waals surface area (Å²) in [6.45, 7) is 5.03. The molecule has 0 radical (unpaired) electrons. The molecular formula is C12H18ClNO3S. The summed E-state index contributed by atoms with van der Waals surface area (Å²) in [7, 11) is -3.64. The van der Waals surface area contributed by atoms with Crippen molar-refractivity contribution in [2.45, 2.75) is 37.6 Å². The second-order valence-electron chi connectivity index (χ2n) is 4.83. The van der Waals surface area contributed by atoms with E-state index in [0.29, 0.717) is 17.0 Å².